The average molecular weight is 185 g/mol. The summed E-state index contributed by atoms with van der Waals surface area (Å²) in [4.78, 5) is 15.5. The Balaban J connectivity index is 2.31. The molecular weight excluding hydrogens is 174 g/mol. The number of hydrogen-bond donors (Lipinski definition) is 1. The Hall–Kier alpha value is -0.900. The minimum absolute atomic E-state index is 0.257. The Morgan fingerprint density at radius 2 is 2.58 bits per heavy atom. The fraction of sp³-hybridized carbons (Fsp3) is 0.500. The summed E-state index contributed by atoms with van der Waals surface area (Å²) in [6.07, 6.45) is 3.30. The van der Waals surface area contributed by atoms with Gasteiger partial charge in [0.25, 0.3) is 0 Å². The largest absolute Gasteiger partial charge is 0.481 e. The van der Waals surface area contributed by atoms with Crippen LogP contribution in [-0.2, 0) is 11.2 Å². The monoisotopic (exact) mass is 185 g/mol. The minimum atomic E-state index is -0.723. The van der Waals surface area contributed by atoms with Crippen LogP contribution in [0.4, 0.5) is 0 Å². The lowest BCUT2D eigenvalue weighted by atomic mass is 10.1. The molecule has 12 heavy (non-hydrogen) atoms. The average Bonchev–Trinajstić information content (AvgIpc) is 2.51. The first-order valence-corrected chi connectivity index (χ1v) is 4.68. The number of aliphatic carboxylic acids is 1. The van der Waals surface area contributed by atoms with E-state index in [-0.39, 0.29) is 5.92 Å². The molecule has 0 spiro atoms. The van der Waals surface area contributed by atoms with Crippen LogP contribution in [0.5, 0.6) is 0 Å². The maximum atomic E-state index is 10.4. The molecule has 0 aliphatic heterocycles. The molecular formula is C8H11NO2S. The number of thiazole rings is 1. The molecule has 4 heteroatoms. The molecule has 1 aromatic heterocycles. The molecule has 1 aromatic rings. The quantitative estimate of drug-likeness (QED) is 0.778. The smallest absolute Gasteiger partial charge is 0.306 e. The van der Waals surface area contributed by atoms with Gasteiger partial charge < -0.3 is 5.11 Å². The van der Waals surface area contributed by atoms with Crippen LogP contribution in [0, 0.1) is 5.92 Å². The van der Waals surface area contributed by atoms with Gasteiger partial charge >= 0.3 is 5.97 Å². The summed E-state index contributed by atoms with van der Waals surface area (Å²) >= 11 is 1.57. The van der Waals surface area contributed by atoms with Gasteiger partial charge in [0.2, 0.25) is 0 Å². The molecule has 1 N–H and O–H groups in total. The highest BCUT2D eigenvalue weighted by Gasteiger charge is 2.10. The van der Waals surface area contributed by atoms with Crippen LogP contribution in [-0.4, -0.2) is 16.1 Å². The zero-order chi connectivity index (χ0) is 8.97. The highest BCUT2D eigenvalue weighted by Crippen LogP contribution is 2.12. The van der Waals surface area contributed by atoms with Crippen LogP contribution in [0.1, 0.15) is 18.2 Å². The molecule has 1 heterocycles. The van der Waals surface area contributed by atoms with E-state index in [0.29, 0.717) is 6.42 Å². The van der Waals surface area contributed by atoms with Crippen molar-refractivity contribution in [2.24, 2.45) is 5.92 Å². The predicted molar refractivity (Wildman–Crippen MR) is 47.2 cm³/mol. The summed E-state index contributed by atoms with van der Waals surface area (Å²) in [5.74, 6) is -0.980. The summed E-state index contributed by atoms with van der Waals surface area (Å²) in [5, 5.41) is 8.60. The SMILES string of the molecule is CC(CCc1cncs1)C(=O)O. The summed E-state index contributed by atoms with van der Waals surface area (Å²) < 4.78 is 0. The maximum absolute atomic E-state index is 10.4. The van der Waals surface area contributed by atoms with E-state index in [1.165, 1.54) is 0 Å². The zero-order valence-corrected chi connectivity index (χ0v) is 7.67. The van der Waals surface area contributed by atoms with Crippen LogP contribution < -0.4 is 0 Å². The lowest BCUT2D eigenvalue weighted by molar-refractivity contribution is -0.141. The van der Waals surface area contributed by atoms with E-state index in [0.717, 1.165) is 11.3 Å². The van der Waals surface area contributed by atoms with E-state index in [4.69, 9.17) is 5.11 Å². The predicted octanol–water partition coefficient (Wildman–Crippen LogP) is 1.80. The van der Waals surface area contributed by atoms with Gasteiger partial charge in [-0.05, 0) is 12.8 Å². The number of carboxylic acids is 1. The van der Waals surface area contributed by atoms with E-state index in [1.54, 1.807) is 30.0 Å². The van der Waals surface area contributed by atoms with Crippen molar-refractivity contribution in [2.45, 2.75) is 19.8 Å². The Bertz CT molecular complexity index is 246. The fourth-order valence-electron chi connectivity index (χ4n) is 0.848. The number of nitrogens with zero attached hydrogens (tertiary/aromatic N) is 1. The lowest BCUT2D eigenvalue weighted by Gasteiger charge is -2.02. The van der Waals surface area contributed by atoms with Crippen molar-refractivity contribution < 1.29 is 9.90 Å². The van der Waals surface area contributed by atoms with Gasteiger partial charge in [-0.15, -0.1) is 11.3 Å². The van der Waals surface area contributed by atoms with Gasteiger partial charge in [-0.25, -0.2) is 0 Å². The zero-order valence-electron chi connectivity index (χ0n) is 6.86. The highest BCUT2D eigenvalue weighted by atomic mass is 32.1. The van der Waals surface area contributed by atoms with Gasteiger partial charge in [0.1, 0.15) is 0 Å². The molecule has 3 nitrogen and oxygen atoms in total. The van der Waals surface area contributed by atoms with E-state index < -0.39 is 5.97 Å². The van der Waals surface area contributed by atoms with Crippen molar-refractivity contribution in [3.63, 3.8) is 0 Å². The number of aryl methyl sites for hydroxylation is 1. The van der Waals surface area contributed by atoms with Gasteiger partial charge in [-0.1, -0.05) is 6.92 Å². The highest BCUT2D eigenvalue weighted by molar-refractivity contribution is 7.09. The minimum Gasteiger partial charge on any atom is -0.481 e. The van der Waals surface area contributed by atoms with E-state index in [2.05, 4.69) is 4.98 Å². The number of carbonyl (C=O) groups is 1. The lowest BCUT2D eigenvalue weighted by Crippen LogP contribution is -2.09. The summed E-state index contributed by atoms with van der Waals surface area (Å²) in [6.45, 7) is 1.73. The maximum Gasteiger partial charge on any atom is 0.306 e. The second-order valence-electron chi connectivity index (χ2n) is 2.75. The first-order valence-electron chi connectivity index (χ1n) is 3.80. The third-order valence-electron chi connectivity index (χ3n) is 1.73. The summed E-state index contributed by atoms with van der Waals surface area (Å²) in [7, 11) is 0. The van der Waals surface area contributed by atoms with Crippen molar-refractivity contribution in [1.82, 2.24) is 4.98 Å². The van der Waals surface area contributed by atoms with Crippen molar-refractivity contribution in [3.8, 4) is 0 Å². The molecule has 0 aliphatic carbocycles. The van der Waals surface area contributed by atoms with Crippen molar-refractivity contribution in [1.29, 1.82) is 0 Å². The third-order valence-corrected chi connectivity index (χ3v) is 2.57. The Labute approximate surface area is 75.1 Å². The third kappa shape index (κ3) is 2.62. The van der Waals surface area contributed by atoms with Gasteiger partial charge in [0.15, 0.2) is 0 Å². The topological polar surface area (TPSA) is 50.2 Å². The van der Waals surface area contributed by atoms with Crippen LogP contribution >= 0.6 is 11.3 Å². The first-order chi connectivity index (χ1) is 5.70. The Morgan fingerprint density at radius 1 is 1.83 bits per heavy atom. The van der Waals surface area contributed by atoms with Crippen molar-refractivity contribution in [3.05, 3.63) is 16.6 Å². The summed E-state index contributed by atoms with van der Waals surface area (Å²) in [6, 6.07) is 0. The molecule has 0 bridgehead atoms. The van der Waals surface area contributed by atoms with Gasteiger partial charge in [0, 0.05) is 11.1 Å². The van der Waals surface area contributed by atoms with Crippen LogP contribution in [0.15, 0.2) is 11.7 Å². The molecule has 1 unspecified atom stereocenters. The molecule has 0 saturated carbocycles. The standard InChI is InChI=1S/C8H11NO2S/c1-6(8(10)11)2-3-7-4-9-5-12-7/h4-6H,2-3H2,1H3,(H,10,11). The van der Waals surface area contributed by atoms with Crippen molar-refractivity contribution >= 4 is 17.3 Å². The molecule has 66 valence electrons. The molecule has 0 saturated heterocycles. The molecule has 1 rings (SSSR count). The Kier molecular flexibility index (Phi) is 3.22. The van der Waals surface area contributed by atoms with Gasteiger partial charge in [-0.2, -0.15) is 0 Å². The van der Waals surface area contributed by atoms with E-state index in [1.807, 2.05) is 0 Å². The number of rotatable bonds is 4. The first kappa shape index (κ1) is 9.19. The second kappa shape index (κ2) is 4.21. The molecule has 0 aromatic carbocycles. The molecule has 0 radical (unpaired) electrons. The molecule has 0 aliphatic rings. The Morgan fingerprint density at radius 3 is 3.08 bits per heavy atom. The van der Waals surface area contributed by atoms with Crippen molar-refractivity contribution in [2.75, 3.05) is 0 Å². The van der Waals surface area contributed by atoms with E-state index in [9.17, 15) is 4.79 Å². The van der Waals surface area contributed by atoms with Gasteiger partial charge in [0.05, 0.1) is 11.4 Å². The van der Waals surface area contributed by atoms with E-state index >= 15 is 0 Å². The van der Waals surface area contributed by atoms with Crippen LogP contribution in [0.25, 0.3) is 0 Å². The molecule has 1 atom stereocenters. The van der Waals surface area contributed by atoms with Crippen LogP contribution in [0.2, 0.25) is 0 Å². The second-order valence-corrected chi connectivity index (χ2v) is 3.72. The number of hydrogen-bond acceptors (Lipinski definition) is 3. The number of aromatic nitrogens is 1. The number of carboxylic acid groups (broad SMARTS) is 1. The normalized spacial score (nSPS) is 12.8. The van der Waals surface area contributed by atoms with Gasteiger partial charge in [-0.3, -0.25) is 9.78 Å². The molecule has 0 amide bonds. The molecule has 0 fully saturated rings. The summed E-state index contributed by atoms with van der Waals surface area (Å²) in [5.41, 5.74) is 1.76. The fourth-order valence-corrected chi connectivity index (χ4v) is 1.46. The van der Waals surface area contributed by atoms with Crippen LogP contribution in [0.3, 0.4) is 0 Å².